The van der Waals surface area contributed by atoms with Crippen molar-refractivity contribution in [1.29, 1.82) is 0 Å². The number of piperazine rings is 1. The van der Waals surface area contributed by atoms with E-state index in [9.17, 15) is 9.59 Å². The van der Waals surface area contributed by atoms with Crippen molar-refractivity contribution in [2.45, 2.75) is 6.92 Å². The van der Waals surface area contributed by atoms with Gasteiger partial charge in [-0.25, -0.2) is 0 Å². The lowest BCUT2D eigenvalue weighted by Gasteiger charge is -2.33. The van der Waals surface area contributed by atoms with Crippen LogP contribution < -0.4 is 5.73 Å². The van der Waals surface area contributed by atoms with Gasteiger partial charge in [-0.05, 0) is 25.1 Å². The lowest BCUT2D eigenvalue weighted by atomic mass is 10.2. The largest absolute Gasteiger partial charge is 0.451 e. The number of primary amides is 1. The number of furan rings is 1. The maximum Gasteiger partial charge on any atom is 0.289 e. The first-order valence-corrected chi connectivity index (χ1v) is 7.33. The van der Waals surface area contributed by atoms with Crippen LogP contribution in [0.15, 0.2) is 28.7 Å². The molecule has 0 radical (unpaired) electrons. The van der Waals surface area contributed by atoms with Gasteiger partial charge >= 0.3 is 0 Å². The highest BCUT2D eigenvalue weighted by Gasteiger charge is 2.25. The van der Waals surface area contributed by atoms with Crippen molar-refractivity contribution in [2.24, 2.45) is 5.73 Å². The Balaban J connectivity index is 1.69. The maximum atomic E-state index is 12.5. The Kier molecular flexibility index (Phi) is 3.85. The van der Waals surface area contributed by atoms with Crippen LogP contribution in [0.4, 0.5) is 0 Å². The number of aryl methyl sites for hydroxylation is 1. The number of fused-ring (bicyclic) bond motifs is 1. The second kappa shape index (κ2) is 5.81. The molecule has 2 heterocycles. The van der Waals surface area contributed by atoms with Crippen LogP contribution in [0.3, 0.4) is 0 Å². The molecular formula is C16H19N3O3. The van der Waals surface area contributed by atoms with Crippen molar-refractivity contribution >= 4 is 22.8 Å². The van der Waals surface area contributed by atoms with E-state index in [1.54, 1.807) is 11.0 Å². The predicted molar refractivity (Wildman–Crippen MR) is 82.5 cm³/mol. The summed E-state index contributed by atoms with van der Waals surface area (Å²) in [7, 11) is 0. The molecule has 0 spiro atoms. The molecule has 1 aromatic heterocycles. The van der Waals surface area contributed by atoms with Gasteiger partial charge in [-0.3, -0.25) is 14.5 Å². The summed E-state index contributed by atoms with van der Waals surface area (Å²) in [4.78, 5) is 27.1. The van der Waals surface area contributed by atoms with Gasteiger partial charge < -0.3 is 15.1 Å². The first-order valence-electron chi connectivity index (χ1n) is 7.33. The summed E-state index contributed by atoms with van der Waals surface area (Å²) < 4.78 is 5.65. The van der Waals surface area contributed by atoms with Crippen LogP contribution in [0.2, 0.25) is 0 Å². The summed E-state index contributed by atoms with van der Waals surface area (Å²) >= 11 is 0. The minimum Gasteiger partial charge on any atom is -0.451 e. The third-order valence-corrected chi connectivity index (χ3v) is 3.92. The molecule has 0 saturated carbocycles. The van der Waals surface area contributed by atoms with Gasteiger partial charge in [-0.1, -0.05) is 11.6 Å². The molecule has 0 atom stereocenters. The number of nitrogens with two attached hydrogens (primary N) is 1. The number of hydrogen-bond acceptors (Lipinski definition) is 4. The summed E-state index contributed by atoms with van der Waals surface area (Å²) in [5, 5.41) is 0.940. The Labute approximate surface area is 128 Å². The second-order valence-electron chi connectivity index (χ2n) is 5.69. The Hall–Kier alpha value is -2.34. The first-order chi connectivity index (χ1) is 10.5. The molecule has 1 saturated heterocycles. The van der Waals surface area contributed by atoms with E-state index in [1.165, 1.54) is 0 Å². The highest BCUT2D eigenvalue weighted by molar-refractivity contribution is 5.96. The van der Waals surface area contributed by atoms with E-state index in [-0.39, 0.29) is 18.4 Å². The fourth-order valence-corrected chi connectivity index (χ4v) is 2.75. The maximum absolute atomic E-state index is 12.5. The Morgan fingerprint density at radius 2 is 1.91 bits per heavy atom. The minimum absolute atomic E-state index is 0.104. The molecule has 1 fully saturated rings. The molecule has 0 bridgehead atoms. The van der Waals surface area contributed by atoms with Gasteiger partial charge in [-0.15, -0.1) is 0 Å². The molecule has 1 aliphatic rings. The number of rotatable bonds is 3. The van der Waals surface area contributed by atoms with E-state index in [2.05, 4.69) is 0 Å². The molecule has 3 rings (SSSR count). The van der Waals surface area contributed by atoms with Crippen LogP contribution in [0.1, 0.15) is 16.1 Å². The minimum atomic E-state index is -0.340. The summed E-state index contributed by atoms with van der Waals surface area (Å²) in [5.74, 6) is -0.0797. The molecule has 0 aliphatic carbocycles. The fourth-order valence-electron chi connectivity index (χ4n) is 2.75. The predicted octanol–water partition coefficient (Wildman–Crippen LogP) is 0.984. The fraction of sp³-hybridized carbons (Fsp3) is 0.375. The molecule has 0 unspecified atom stereocenters. The number of nitrogens with zero attached hydrogens (tertiary/aromatic N) is 2. The molecule has 116 valence electrons. The molecule has 2 N–H and O–H groups in total. The van der Waals surface area contributed by atoms with E-state index < -0.39 is 0 Å². The molecule has 22 heavy (non-hydrogen) atoms. The number of carbonyl (C=O) groups excluding carboxylic acids is 2. The SMILES string of the molecule is Cc1ccc2oc(C(=O)N3CCN(CC(N)=O)CC3)cc2c1. The van der Waals surface area contributed by atoms with Crippen molar-refractivity contribution in [1.82, 2.24) is 9.80 Å². The van der Waals surface area contributed by atoms with Gasteiger partial charge in [0.15, 0.2) is 5.76 Å². The Morgan fingerprint density at radius 3 is 2.59 bits per heavy atom. The average Bonchev–Trinajstić information content (AvgIpc) is 2.89. The standard InChI is InChI=1S/C16H19N3O3/c1-11-2-3-13-12(8-11)9-14(22-13)16(21)19-6-4-18(5-7-19)10-15(17)20/h2-3,8-9H,4-7,10H2,1H3,(H2,17,20). The zero-order valence-corrected chi connectivity index (χ0v) is 12.5. The van der Waals surface area contributed by atoms with E-state index in [0.717, 1.165) is 16.5 Å². The third-order valence-electron chi connectivity index (χ3n) is 3.92. The third kappa shape index (κ3) is 2.96. The van der Waals surface area contributed by atoms with Gasteiger partial charge in [0.1, 0.15) is 5.58 Å². The van der Waals surface area contributed by atoms with Crippen molar-refractivity contribution in [3.8, 4) is 0 Å². The van der Waals surface area contributed by atoms with E-state index in [0.29, 0.717) is 31.9 Å². The molecular weight excluding hydrogens is 282 g/mol. The average molecular weight is 301 g/mol. The highest BCUT2D eigenvalue weighted by Crippen LogP contribution is 2.22. The van der Waals surface area contributed by atoms with Gasteiger partial charge in [0.2, 0.25) is 5.91 Å². The molecule has 2 amide bonds. The van der Waals surface area contributed by atoms with Crippen molar-refractivity contribution < 1.29 is 14.0 Å². The highest BCUT2D eigenvalue weighted by atomic mass is 16.3. The Morgan fingerprint density at radius 1 is 1.18 bits per heavy atom. The van der Waals surface area contributed by atoms with Gasteiger partial charge in [-0.2, -0.15) is 0 Å². The first kappa shape index (κ1) is 14.6. The zero-order chi connectivity index (χ0) is 15.7. The van der Waals surface area contributed by atoms with Crippen molar-refractivity contribution in [3.63, 3.8) is 0 Å². The number of amides is 2. The van der Waals surface area contributed by atoms with Crippen LogP contribution >= 0.6 is 0 Å². The number of hydrogen-bond donors (Lipinski definition) is 1. The van der Waals surface area contributed by atoms with Crippen LogP contribution in [0.5, 0.6) is 0 Å². The van der Waals surface area contributed by atoms with Crippen molar-refractivity contribution in [2.75, 3.05) is 32.7 Å². The number of carbonyl (C=O) groups is 2. The van der Waals surface area contributed by atoms with Crippen molar-refractivity contribution in [3.05, 3.63) is 35.6 Å². The smallest absolute Gasteiger partial charge is 0.289 e. The van der Waals surface area contributed by atoms with Crippen LogP contribution in [-0.4, -0.2) is 54.3 Å². The van der Waals surface area contributed by atoms with E-state index in [1.807, 2.05) is 30.0 Å². The quantitative estimate of drug-likeness (QED) is 0.916. The summed E-state index contributed by atoms with van der Waals surface area (Å²) in [6.45, 7) is 4.68. The lowest BCUT2D eigenvalue weighted by Crippen LogP contribution is -2.50. The molecule has 6 nitrogen and oxygen atoms in total. The van der Waals surface area contributed by atoms with Gasteiger partial charge in [0.05, 0.1) is 6.54 Å². The van der Waals surface area contributed by atoms with E-state index >= 15 is 0 Å². The molecule has 1 aliphatic heterocycles. The molecule has 2 aromatic rings. The van der Waals surface area contributed by atoms with E-state index in [4.69, 9.17) is 10.2 Å². The number of benzene rings is 1. The van der Waals surface area contributed by atoms with Crippen LogP contribution in [-0.2, 0) is 4.79 Å². The second-order valence-corrected chi connectivity index (χ2v) is 5.69. The molecule has 6 heteroatoms. The zero-order valence-electron chi connectivity index (χ0n) is 12.5. The van der Waals surface area contributed by atoms with Gasteiger partial charge in [0.25, 0.3) is 5.91 Å². The Bertz CT molecular complexity index is 714. The van der Waals surface area contributed by atoms with Crippen LogP contribution in [0, 0.1) is 6.92 Å². The molecule has 1 aromatic carbocycles. The summed E-state index contributed by atoms with van der Waals surface area (Å²) in [5.41, 5.74) is 7.04. The summed E-state index contributed by atoms with van der Waals surface area (Å²) in [6.07, 6.45) is 0. The van der Waals surface area contributed by atoms with Crippen LogP contribution in [0.25, 0.3) is 11.0 Å². The monoisotopic (exact) mass is 301 g/mol. The lowest BCUT2D eigenvalue weighted by molar-refractivity contribution is -0.119. The summed E-state index contributed by atoms with van der Waals surface area (Å²) in [6, 6.07) is 7.63. The topological polar surface area (TPSA) is 79.8 Å². The van der Waals surface area contributed by atoms with Gasteiger partial charge in [0, 0.05) is 31.6 Å². The normalized spacial score (nSPS) is 16.1.